The molecule has 0 aliphatic heterocycles. The van der Waals surface area contributed by atoms with Crippen molar-refractivity contribution >= 4 is 28.9 Å². The van der Waals surface area contributed by atoms with E-state index in [0.717, 1.165) is 40.6 Å². The van der Waals surface area contributed by atoms with Gasteiger partial charge in [0.25, 0.3) is 5.56 Å². The van der Waals surface area contributed by atoms with Gasteiger partial charge >= 0.3 is 0 Å². The lowest BCUT2D eigenvalue weighted by Gasteiger charge is -2.35. The van der Waals surface area contributed by atoms with Gasteiger partial charge in [0, 0.05) is 32.4 Å². The molecule has 0 saturated heterocycles. The van der Waals surface area contributed by atoms with Crippen LogP contribution < -0.4 is 21.1 Å². The highest BCUT2D eigenvalue weighted by Crippen LogP contribution is 2.61. The lowest BCUT2D eigenvalue weighted by Crippen LogP contribution is -2.40. The number of pyridine rings is 1. The van der Waals surface area contributed by atoms with Gasteiger partial charge in [-0.1, -0.05) is 11.6 Å². The number of aromatic nitrogens is 3. The SMILES string of the molecule is CN(C)c1cnccc1CNC(=O)Cn1ncc(NC23CC4CC(CC2C4)C3)c(Cl)c1=O. The van der Waals surface area contributed by atoms with Crippen LogP contribution in [0, 0.1) is 17.8 Å². The Morgan fingerprint density at radius 3 is 2.72 bits per heavy atom. The summed E-state index contributed by atoms with van der Waals surface area (Å²) in [6.07, 6.45) is 11.2. The molecule has 2 N–H and O–H groups in total. The van der Waals surface area contributed by atoms with Gasteiger partial charge in [-0.05, 0) is 61.5 Å². The summed E-state index contributed by atoms with van der Waals surface area (Å²) in [6, 6.07) is 1.86. The number of carbonyl (C=O) groups excluding carboxylic acids is 1. The first-order chi connectivity index (χ1) is 15.3. The summed E-state index contributed by atoms with van der Waals surface area (Å²) in [4.78, 5) is 31.4. The Morgan fingerprint density at radius 1 is 1.25 bits per heavy atom. The Hall–Kier alpha value is -2.61. The molecule has 0 spiro atoms. The Bertz CT molecular complexity index is 1090. The third-order valence-electron chi connectivity index (χ3n) is 7.50. The van der Waals surface area contributed by atoms with Gasteiger partial charge in [0.2, 0.25) is 5.91 Å². The van der Waals surface area contributed by atoms with Crippen LogP contribution >= 0.6 is 11.6 Å². The number of hydrogen-bond donors (Lipinski definition) is 2. The van der Waals surface area contributed by atoms with Crippen LogP contribution in [0.3, 0.4) is 0 Å². The largest absolute Gasteiger partial charge is 0.377 e. The van der Waals surface area contributed by atoms with E-state index < -0.39 is 5.56 Å². The molecule has 4 aliphatic rings. The molecule has 4 fully saturated rings. The van der Waals surface area contributed by atoms with Crippen LogP contribution in [0.1, 0.15) is 37.7 Å². The number of carbonyl (C=O) groups is 1. The van der Waals surface area contributed by atoms with Crippen molar-refractivity contribution < 1.29 is 4.79 Å². The van der Waals surface area contributed by atoms with E-state index in [1.807, 2.05) is 25.1 Å². The van der Waals surface area contributed by atoms with Crippen LogP contribution in [0.5, 0.6) is 0 Å². The summed E-state index contributed by atoms with van der Waals surface area (Å²) in [6.45, 7) is 0.155. The van der Waals surface area contributed by atoms with E-state index in [-0.39, 0.29) is 23.0 Å². The van der Waals surface area contributed by atoms with Crippen molar-refractivity contribution in [1.82, 2.24) is 20.1 Å². The van der Waals surface area contributed by atoms with Gasteiger partial charge in [0.15, 0.2) is 0 Å². The summed E-state index contributed by atoms with van der Waals surface area (Å²) in [5.41, 5.74) is 2.07. The van der Waals surface area contributed by atoms with Crippen molar-refractivity contribution in [2.24, 2.45) is 17.8 Å². The third-order valence-corrected chi connectivity index (χ3v) is 7.86. The van der Waals surface area contributed by atoms with Crippen LogP contribution in [0.4, 0.5) is 11.4 Å². The Morgan fingerprint density at radius 2 is 2.00 bits per heavy atom. The van der Waals surface area contributed by atoms with E-state index in [1.54, 1.807) is 18.6 Å². The van der Waals surface area contributed by atoms with Crippen molar-refractivity contribution in [2.75, 3.05) is 24.3 Å². The van der Waals surface area contributed by atoms with Crippen LogP contribution in [0.25, 0.3) is 0 Å². The zero-order valence-corrected chi connectivity index (χ0v) is 19.2. The van der Waals surface area contributed by atoms with Crippen LogP contribution in [0.15, 0.2) is 29.5 Å². The van der Waals surface area contributed by atoms with E-state index in [0.29, 0.717) is 18.2 Å². The van der Waals surface area contributed by atoms with Crippen molar-refractivity contribution in [3.05, 3.63) is 45.6 Å². The predicted molar refractivity (Wildman–Crippen MR) is 124 cm³/mol. The normalized spacial score (nSPS) is 27.5. The molecule has 4 bridgehead atoms. The minimum absolute atomic E-state index is 0.0591. The van der Waals surface area contributed by atoms with Gasteiger partial charge < -0.3 is 15.5 Å². The number of hydrogen-bond acceptors (Lipinski definition) is 6. The molecule has 6 rings (SSSR count). The molecule has 170 valence electrons. The molecular formula is C23H29ClN6O2. The molecule has 2 heterocycles. The second kappa shape index (κ2) is 8.06. The molecular weight excluding hydrogens is 428 g/mol. The smallest absolute Gasteiger partial charge is 0.288 e. The predicted octanol–water partition coefficient (Wildman–Crippen LogP) is 2.66. The molecule has 4 saturated carbocycles. The number of halogens is 1. The minimum atomic E-state index is -0.446. The number of nitrogens with zero attached hydrogens (tertiary/aromatic N) is 4. The Labute approximate surface area is 192 Å². The summed E-state index contributed by atoms with van der Waals surface area (Å²) >= 11 is 6.44. The second-order valence-corrected chi connectivity index (χ2v) is 10.2. The first-order valence-electron chi connectivity index (χ1n) is 11.3. The maximum Gasteiger partial charge on any atom is 0.288 e. The molecule has 1 amide bonds. The Balaban J connectivity index is 1.25. The second-order valence-electron chi connectivity index (χ2n) is 9.84. The number of anilines is 2. The highest BCUT2D eigenvalue weighted by molar-refractivity contribution is 6.33. The molecule has 2 aromatic rings. The maximum absolute atomic E-state index is 12.8. The molecule has 32 heavy (non-hydrogen) atoms. The number of rotatable bonds is 7. The first-order valence-corrected chi connectivity index (χ1v) is 11.6. The third kappa shape index (κ3) is 3.74. The minimum Gasteiger partial charge on any atom is -0.377 e. The zero-order chi connectivity index (χ0) is 22.5. The fourth-order valence-electron chi connectivity index (χ4n) is 6.29. The van der Waals surface area contributed by atoms with Gasteiger partial charge in [-0.15, -0.1) is 0 Å². The lowest BCUT2D eigenvalue weighted by atomic mass is 9.80. The molecule has 0 aromatic carbocycles. The molecule has 0 radical (unpaired) electrons. The van der Waals surface area contributed by atoms with Crippen molar-refractivity contribution in [3.8, 4) is 0 Å². The molecule has 8 nitrogen and oxygen atoms in total. The maximum atomic E-state index is 12.8. The van der Waals surface area contributed by atoms with E-state index in [4.69, 9.17) is 11.6 Å². The zero-order valence-electron chi connectivity index (χ0n) is 18.5. The molecule has 2 atom stereocenters. The molecule has 9 heteroatoms. The van der Waals surface area contributed by atoms with Gasteiger partial charge in [-0.3, -0.25) is 14.6 Å². The average molecular weight is 457 g/mol. The van der Waals surface area contributed by atoms with E-state index in [1.165, 1.54) is 19.3 Å². The summed E-state index contributed by atoms with van der Waals surface area (Å²) < 4.78 is 1.12. The highest BCUT2D eigenvalue weighted by atomic mass is 35.5. The van der Waals surface area contributed by atoms with Gasteiger partial charge in [0.1, 0.15) is 11.6 Å². The van der Waals surface area contributed by atoms with E-state index >= 15 is 0 Å². The first kappa shape index (κ1) is 21.2. The summed E-state index contributed by atoms with van der Waals surface area (Å²) in [5.74, 6) is 1.95. The van der Waals surface area contributed by atoms with Crippen molar-refractivity contribution in [1.29, 1.82) is 0 Å². The van der Waals surface area contributed by atoms with E-state index in [2.05, 4.69) is 20.7 Å². The van der Waals surface area contributed by atoms with Crippen LogP contribution in [-0.2, 0) is 17.9 Å². The topological polar surface area (TPSA) is 92.2 Å². The molecule has 2 aromatic heterocycles. The monoisotopic (exact) mass is 456 g/mol. The number of amides is 1. The van der Waals surface area contributed by atoms with Crippen molar-refractivity contribution in [2.45, 2.75) is 50.7 Å². The van der Waals surface area contributed by atoms with Crippen LogP contribution in [-0.4, -0.2) is 40.3 Å². The number of nitrogens with one attached hydrogen (secondary N) is 2. The van der Waals surface area contributed by atoms with Gasteiger partial charge in [-0.25, -0.2) is 4.68 Å². The quantitative estimate of drug-likeness (QED) is 0.665. The van der Waals surface area contributed by atoms with Crippen molar-refractivity contribution in [3.63, 3.8) is 0 Å². The highest BCUT2D eigenvalue weighted by Gasteiger charge is 2.57. The standard InChI is InChI=1S/C23H29ClN6O2/c1-29(2)19-12-25-4-3-16(19)10-26-20(31)13-30-22(32)21(24)18(11-27-30)28-23-8-14-5-15(9-23)7-17(23)6-14/h3-4,11-12,14-15,17,28H,5-10,13H2,1-2H3,(H,26,31). The lowest BCUT2D eigenvalue weighted by molar-refractivity contribution is -0.122. The molecule has 2 unspecified atom stereocenters. The fraction of sp³-hybridized carbons (Fsp3) is 0.565. The van der Waals surface area contributed by atoms with Gasteiger partial charge in [0.05, 0.1) is 23.8 Å². The molecule has 4 aliphatic carbocycles. The van der Waals surface area contributed by atoms with Crippen LogP contribution in [0.2, 0.25) is 5.02 Å². The Kier molecular flexibility index (Phi) is 5.35. The van der Waals surface area contributed by atoms with E-state index in [9.17, 15) is 9.59 Å². The average Bonchev–Trinajstić information content (AvgIpc) is 3.15. The van der Waals surface area contributed by atoms with Gasteiger partial charge in [-0.2, -0.15) is 5.10 Å². The summed E-state index contributed by atoms with van der Waals surface area (Å²) in [7, 11) is 3.84. The fourth-order valence-corrected chi connectivity index (χ4v) is 6.48. The summed E-state index contributed by atoms with van der Waals surface area (Å²) in [5, 5.41) is 10.8.